The van der Waals surface area contributed by atoms with E-state index in [0.717, 1.165) is 6.42 Å². The van der Waals surface area contributed by atoms with Crippen LogP contribution in [0, 0.1) is 0 Å². The molecule has 0 saturated carbocycles. The number of ketones is 1. The molecule has 1 aromatic heterocycles. The number of carbonyl (C=O) groups excluding carboxylic acids is 1. The van der Waals surface area contributed by atoms with Crippen molar-refractivity contribution in [2.75, 3.05) is 6.54 Å². The quantitative estimate of drug-likeness (QED) is 0.572. The van der Waals surface area contributed by atoms with Crippen LogP contribution in [-0.4, -0.2) is 28.5 Å². The number of rotatable bonds is 7. The number of Topliss-reactive ketones (excluding diaryl/α,β-unsaturated/α-hetero) is 1. The lowest BCUT2D eigenvalue weighted by molar-refractivity contribution is 0.0942. The first-order chi connectivity index (χ1) is 12.6. The van der Waals surface area contributed by atoms with E-state index in [1.807, 2.05) is 25.1 Å². The van der Waals surface area contributed by atoms with Crippen LogP contribution in [0.5, 0.6) is 5.75 Å². The Hall–Kier alpha value is -2.92. The normalized spacial score (nSPS) is 12.2. The van der Waals surface area contributed by atoms with Gasteiger partial charge < -0.3 is 15.4 Å². The summed E-state index contributed by atoms with van der Waals surface area (Å²) < 4.78 is 0. The lowest BCUT2D eigenvalue weighted by Crippen LogP contribution is -2.37. The van der Waals surface area contributed by atoms with Crippen molar-refractivity contribution in [2.24, 2.45) is 0 Å². The Balaban J connectivity index is 1.79. The highest BCUT2D eigenvalue weighted by Crippen LogP contribution is 2.25. The third-order valence-electron chi connectivity index (χ3n) is 4.51. The minimum Gasteiger partial charge on any atom is -0.506 e. The highest BCUT2D eigenvalue weighted by atomic mass is 16.3. The zero-order valence-corrected chi connectivity index (χ0v) is 14.7. The van der Waals surface area contributed by atoms with Crippen LogP contribution in [0.15, 0.2) is 59.4 Å². The second kappa shape index (κ2) is 7.97. The molecule has 3 N–H and O–H groups in total. The topological polar surface area (TPSA) is 82.2 Å². The number of aromatic amines is 1. The van der Waals surface area contributed by atoms with Gasteiger partial charge in [-0.2, -0.15) is 0 Å². The molecule has 134 valence electrons. The van der Waals surface area contributed by atoms with Crippen molar-refractivity contribution in [3.8, 4) is 5.75 Å². The van der Waals surface area contributed by atoms with E-state index in [-0.39, 0.29) is 23.1 Å². The van der Waals surface area contributed by atoms with Crippen LogP contribution < -0.4 is 10.9 Å². The summed E-state index contributed by atoms with van der Waals surface area (Å²) in [4.78, 5) is 27.1. The number of hydrogen-bond acceptors (Lipinski definition) is 4. The van der Waals surface area contributed by atoms with Crippen molar-refractivity contribution in [2.45, 2.75) is 25.8 Å². The monoisotopic (exact) mass is 350 g/mol. The van der Waals surface area contributed by atoms with Crippen LogP contribution in [0.1, 0.15) is 29.3 Å². The zero-order chi connectivity index (χ0) is 18.5. The van der Waals surface area contributed by atoms with Gasteiger partial charge in [-0.25, -0.2) is 0 Å². The number of phenols is 1. The molecule has 5 nitrogen and oxygen atoms in total. The maximum Gasteiger partial charge on any atom is 0.248 e. The molecule has 1 atom stereocenters. The fraction of sp³-hybridized carbons (Fsp3) is 0.238. The lowest BCUT2D eigenvalue weighted by Gasteiger charge is -2.17. The Kier molecular flexibility index (Phi) is 5.49. The van der Waals surface area contributed by atoms with Crippen LogP contribution in [0.4, 0.5) is 0 Å². The number of benzene rings is 2. The number of pyridine rings is 1. The molecule has 3 aromatic rings. The van der Waals surface area contributed by atoms with E-state index in [1.165, 1.54) is 17.7 Å². The van der Waals surface area contributed by atoms with Gasteiger partial charge in [-0.05, 0) is 43.1 Å². The maximum atomic E-state index is 13.0. The molecule has 0 amide bonds. The van der Waals surface area contributed by atoms with E-state index >= 15 is 0 Å². The van der Waals surface area contributed by atoms with E-state index < -0.39 is 0 Å². The summed E-state index contributed by atoms with van der Waals surface area (Å²) in [5.41, 5.74) is 1.69. The van der Waals surface area contributed by atoms with E-state index in [4.69, 9.17) is 0 Å². The average molecular weight is 350 g/mol. The number of phenolic OH excluding ortho intramolecular Hbond substituents is 1. The van der Waals surface area contributed by atoms with Crippen molar-refractivity contribution >= 4 is 16.7 Å². The lowest BCUT2D eigenvalue weighted by atomic mass is 9.97. The molecule has 1 heterocycles. The van der Waals surface area contributed by atoms with E-state index in [0.29, 0.717) is 29.4 Å². The second-order valence-electron chi connectivity index (χ2n) is 6.26. The first kappa shape index (κ1) is 17.9. The summed E-state index contributed by atoms with van der Waals surface area (Å²) in [6.45, 7) is 2.66. The number of aromatic hydroxyl groups is 1. The first-order valence-electron chi connectivity index (χ1n) is 8.76. The summed E-state index contributed by atoms with van der Waals surface area (Å²) in [7, 11) is 0. The molecule has 5 heteroatoms. The Morgan fingerprint density at radius 1 is 1.12 bits per heavy atom. The minimum absolute atomic E-state index is 0.0423. The third-order valence-corrected chi connectivity index (χ3v) is 4.51. The summed E-state index contributed by atoms with van der Waals surface area (Å²) in [6, 6.07) is 15.8. The van der Waals surface area contributed by atoms with Gasteiger partial charge in [0.25, 0.3) is 0 Å². The molecule has 2 aromatic carbocycles. The summed E-state index contributed by atoms with van der Waals surface area (Å²) in [5.74, 6) is -0.0862. The number of hydrogen-bond donors (Lipinski definition) is 3. The molecule has 0 radical (unpaired) electrons. The Labute approximate surface area is 151 Å². The molecule has 0 aliphatic carbocycles. The fourth-order valence-corrected chi connectivity index (χ4v) is 3.10. The van der Waals surface area contributed by atoms with Crippen molar-refractivity contribution < 1.29 is 9.90 Å². The minimum atomic E-state index is -0.321. The third kappa shape index (κ3) is 3.83. The highest BCUT2D eigenvalue weighted by Gasteiger charge is 2.20. The number of nitrogens with one attached hydrogen (secondary N) is 2. The molecule has 0 fully saturated rings. The predicted molar refractivity (Wildman–Crippen MR) is 103 cm³/mol. The van der Waals surface area contributed by atoms with Gasteiger partial charge in [-0.15, -0.1) is 0 Å². The van der Waals surface area contributed by atoms with Gasteiger partial charge in [-0.1, -0.05) is 37.3 Å². The van der Waals surface area contributed by atoms with Crippen molar-refractivity contribution in [1.82, 2.24) is 10.3 Å². The van der Waals surface area contributed by atoms with Gasteiger partial charge in [0.15, 0.2) is 5.78 Å². The molecule has 0 spiro atoms. The van der Waals surface area contributed by atoms with Crippen LogP contribution in [0.25, 0.3) is 10.9 Å². The van der Waals surface area contributed by atoms with Gasteiger partial charge in [0.05, 0.1) is 11.6 Å². The van der Waals surface area contributed by atoms with Crippen LogP contribution in [0.3, 0.4) is 0 Å². The molecule has 3 rings (SSSR count). The average Bonchev–Trinajstić information content (AvgIpc) is 2.66. The van der Waals surface area contributed by atoms with Crippen LogP contribution >= 0.6 is 0 Å². The predicted octanol–water partition coefficient (Wildman–Crippen LogP) is 3.03. The van der Waals surface area contributed by atoms with Crippen LogP contribution in [-0.2, 0) is 6.42 Å². The van der Waals surface area contributed by atoms with Crippen molar-refractivity contribution in [3.05, 3.63) is 76.1 Å². The largest absolute Gasteiger partial charge is 0.506 e. The van der Waals surface area contributed by atoms with E-state index in [2.05, 4.69) is 22.4 Å². The molecule has 0 bridgehead atoms. The number of aromatic nitrogens is 1. The van der Waals surface area contributed by atoms with Crippen LogP contribution in [0.2, 0.25) is 0 Å². The molecule has 0 aliphatic rings. The molecule has 26 heavy (non-hydrogen) atoms. The molecule has 0 saturated heterocycles. The molecule has 1 unspecified atom stereocenters. The van der Waals surface area contributed by atoms with Gasteiger partial charge in [0.1, 0.15) is 5.75 Å². The highest BCUT2D eigenvalue weighted by molar-refractivity contribution is 6.10. The van der Waals surface area contributed by atoms with E-state index in [9.17, 15) is 14.7 Å². The number of H-pyrrole nitrogens is 1. The summed E-state index contributed by atoms with van der Waals surface area (Å²) in [5, 5.41) is 13.8. The maximum absolute atomic E-state index is 13.0. The zero-order valence-electron chi connectivity index (χ0n) is 14.7. The Bertz CT molecular complexity index is 964. The standard InChI is InChI=1S/C21H22N2O3/c1-2-17(22-13-12-14-6-4-3-5-7-14)21(26)16-8-10-18(24)20-15(16)9-11-19(25)23-20/h3-11,17,22,24H,2,12-13H2,1H3,(H,23,25). The van der Waals surface area contributed by atoms with Gasteiger partial charge in [0.2, 0.25) is 5.56 Å². The molecular formula is C21H22N2O3. The fourth-order valence-electron chi connectivity index (χ4n) is 3.10. The Morgan fingerprint density at radius 2 is 1.88 bits per heavy atom. The Morgan fingerprint density at radius 3 is 2.62 bits per heavy atom. The molecular weight excluding hydrogens is 328 g/mol. The number of fused-ring (bicyclic) bond motifs is 1. The smallest absolute Gasteiger partial charge is 0.248 e. The van der Waals surface area contributed by atoms with E-state index in [1.54, 1.807) is 12.1 Å². The summed E-state index contributed by atoms with van der Waals surface area (Å²) >= 11 is 0. The number of carbonyl (C=O) groups is 1. The van der Waals surface area contributed by atoms with Gasteiger partial charge >= 0.3 is 0 Å². The van der Waals surface area contributed by atoms with Gasteiger partial charge in [0, 0.05) is 17.0 Å². The SMILES string of the molecule is CCC(NCCc1ccccc1)C(=O)c1ccc(O)c2[nH]c(=O)ccc12. The first-order valence-corrected chi connectivity index (χ1v) is 8.76. The second-order valence-corrected chi connectivity index (χ2v) is 6.26. The van der Waals surface area contributed by atoms with Gasteiger partial charge in [-0.3, -0.25) is 9.59 Å². The summed E-state index contributed by atoms with van der Waals surface area (Å²) in [6.07, 6.45) is 1.49. The van der Waals surface area contributed by atoms with Crippen molar-refractivity contribution in [1.29, 1.82) is 0 Å². The molecule has 0 aliphatic heterocycles. The van der Waals surface area contributed by atoms with Crippen molar-refractivity contribution in [3.63, 3.8) is 0 Å².